The fourth-order valence-electron chi connectivity index (χ4n) is 7.48. The average Bonchev–Trinajstić information content (AvgIpc) is 2.90. The molecule has 2 unspecified atom stereocenters. The van der Waals surface area contributed by atoms with Crippen LogP contribution >= 0.6 is 0 Å². The molecule has 5 aliphatic rings. The van der Waals surface area contributed by atoms with Gasteiger partial charge in [-0.25, -0.2) is 14.8 Å². The van der Waals surface area contributed by atoms with Crippen molar-refractivity contribution in [3.63, 3.8) is 0 Å². The third-order valence-electron chi connectivity index (χ3n) is 8.87. The second-order valence-corrected chi connectivity index (χ2v) is 11.3. The van der Waals surface area contributed by atoms with E-state index in [0.29, 0.717) is 36.8 Å². The molecule has 0 radical (unpaired) electrons. The van der Waals surface area contributed by atoms with E-state index in [2.05, 4.69) is 20.2 Å². The number of hydrogen-bond donors (Lipinski definition) is 3. The van der Waals surface area contributed by atoms with Crippen molar-refractivity contribution in [1.82, 2.24) is 15.3 Å². The van der Waals surface area contributed by atoms with Crippen molar-refractivity contribution in [3.05, 3.63) is 60.9 Å². The molecule has 0 saturated heterocycles. The number of aromatic hydroxyl groups is 1. The van der Waals surface area contributed by atoms with E-state index in [9.17, 15) is 15.0 Å². The summed E-state index contributed by atoms with van der Waals surface area (Å²) in [6, 6.07) is 15.0. The predicted octanol–water partition coefficient (Wildman–Crippen LogP) is 4.46. The third-order valence-corrected chi connectivity index (χ3v) is 8.87. The van der Waals surface area contributed by atoms with Crippen LogP contribution < -0.4 is 15.1 Å². The summed E-state index contributed by atoms with van der Waals surface area (Å²) in [5, 5.41) is 23.8. The second-order valence-electron chi connectivity index (χ2n) is 11.3. The lowest BCUT2D eigenvalue weighted by atomic mass is 9.52. The molecule has 3 N–H and O–H groups in total. The van der Waals surface area contributed by atoms with Crippen molar-refractivity contribution in [3.8, 4) is 16.9 Å². The largest absolute Gasteiger partial charge is 0.508 e. The summed E-state index contributed by atoms with van der Waals surface area (Å²) >= 11 is 0. The summed E-state index contributed by atoms with van der Waals surface area (Å²) in [5.74, 6) is 2.17. The van der Waals surface area contributed by atoms with Crippen LogP contribution in [0.15, 0.2) is 60.9 Å². The SMILES string of the molecule is O=C(NC1C2CC3CC1CC(O)(C3)C2)N1CCN(c2ncc(-c3ccc(O)cc3)cn2)c2ccccc21. The van der Waals surface area contributed by atoms with Crippen molar-refractivity contribution in [2.45, 2.75) is 43.7 Å². The van der Waals surface area contributed by atoms with Crippen LogP contribution in [0, 0.1) is 17.8 Å². The summed E-state index contributed by atoms with van der Waals surface area (Å²) in [7, 11) is 0. The Balaban J connectivity index is 1.10. The molecule has 4 bridgehead atoms. The van der Waals surface area contributed by atoms with Crippen molar-refractivity contribution in [1.29, 1.82) is 0 Å². The number of hydrogen-bond acceptors (Lipinski definition) is 6. The lowest BCUT2D eigenvalue weighted by molar-refractivity contribution is -0.136. The Morgan fingerprint density at radius 1 is 0.892 bits per heavy atom. The summed E-state index contributed by atoms with van der Waals surface area (Å²) in [6.07, 6.45) is 8.37. The number of amides is 2. The summed E-state index contributed by atoms with van der Waals surface area (Å²) in [5.41, 5.74) is 3.05. The first-order chi connectivity index (χ1) is 18.0. The number of urea groups is 1. The minimum Gasteiger partial charge on any atom is -0.508 e. The van der Waals surface area contributed by atoms with Gasteiger partial charge in [-0.1, -0.05) is 24.3 Å². The standard InChI is InChI=1S/C29H31N5O3/c35-23-7-5-19(6-8-23)22-16-30-27(31-17-22)33-9-10-34(25-4-2-1-3-24(25)33)28(36)32-26-20-11-18-12-21(26)15-29(37,13-18)14-20/h1-8,16-18,20-21,26,35,37H,9-15H2,(H,32,36). The number of rotatable bonds is 3. The highest BCUT2D eigenvalue weighted by Crippen LogP contribution is 2.55. The van der Waals surface area contributed by atoms with E-state index in [1.54, 1.807) is 24.5 Å². The maximum atomic E-state index is 13.6. The highest BCUT2D eigenvalue weighted by atomic mass is 16.3. The number of fused-ring (bicyclic) bond motifs is 1. The van der Waals surface area contributed by atoms with Crippen molar-refractivity contribution < 1.29 is 15.0 Å². The molecule has 0 spiro atoms. The van der Waals surface area contributed by atoms with Gasteiger partial charge in [0.15, 0.2) is 0 Å². The van der Waals surface area contributed by atoms with E-state index in [1.807, 2.05) is 41.3 Å². The molecular weight excluding hydrogens is 466 g/mol. The molecule has 190 valence electrons. The molecule has 1 aliphatic heterocycles. The lowest BCUT2D eigenvalue weighted by Crippen LogP contribution is -2.63. The smallest absolute Gasteiger partial charge is 0.322 e. The van der Waals surface area contributed by atoms with E-state index < -0.39 is 5.60 Å². The Bertz CT molecular complexity index is 1310. The average molecular weight is 498 g/mol. The van der Waals surface area contributed by atoms with Crippen LogP contribution in [0.5, 0.6) is 5.75 Å². The number of anilines is 3. The molecule has 4 aliphatic carbocycles. The number of aromatic nitrogens is 2. The minimum absolute atomic E-state index is 0.0554. The number of phenols is 1. The zero-order chi connectivity index (χ0) is 25.1. The second kappa shape index (κ2) is 8.45. The molecule has 2 atom stereocenters. The minimum atomic E-state index is -0.506. The summed E-state index contributed by atoms with van der Waals surface area (Å²) < 4.78 is 0. The van der Waals surface area contributed by atoms with E-state index >= 15 is 0 Å². The fourth-order valence-corrected chi connectivity index (χ4v) is 7.48. The maximum Gasteiger partial charge on any atom is 0.322 e. The Morgan fingerprint density at radius 2 is 1.57 bits per heavy atom. The fraction of sp³-hybridized carbons (Fsp3) is 0.414. The molecule has 8 rings (SSSR count). The number of aliphatic hydroxyl groups is 1. The van der Waals surface area contributed by atoms with Gasteiger partial charge in [0.05, 0.1) is 17.0 Å². The monoisotopic (exact) mass is 497 g/mol. The van der Waals surface area contributed by atoms with Gasteiger partial charge in [-0.05, 0) is 79.7 Å². The van der Waals surface area contributed by atoms with Crippen molar-refractivity contribution in [2.24, 2.45) is 17.8 Å². The Labute approximate surface area is 216 Å². The maximum absolute atomic E-state index is 13.6. The van der Waals surface area contributed by atoms with E-state index in [4.69, 9.17) is 0 Å². The van der Waals surface area contributed by atoms with Gasteiger partial charge >= 0.3 is 6.03 Å². The Morgan fingerprint density at radius 3 is 2.24 bits per heavy atom. The normalized spacial score (nSPS) is 29.8. The summed E-state index contributed by atoms with van der Waals surface area (Å²) in [6.45, 7) is 1.11. The van der Waals surface area contributed by atoms with E-state index in [0.717, 1.165) is 54.6 Å². The van der Waals surface area contributed by atoms with Crippen molar-refractivity contribution >= 4 is 23.4 Å². The van der Waals surface area contributed by atoms with Gasteiger partial charge in [0, 0.05) is 37.1 Å². The molecule has 2 heterocycles. The van der Waals surface area contributed by atoms with Crippen LogP contribution in [-0.4, -0.2) is 50.9 Å². The number of carbonyl (C=O) groups is 1. The van der Waals surface area contributed by atoms with E-state index in [-0.39, 0.29) is 17.8 Å². The number of benzene rings is 2. The topological polar surface area (TPSA) is 102 Å². The quantitative estimate of drug-likeness (QED) is 0.494. The molecule has 4 saturated carbocycles. The van der Waals surface area contributed by atoms with Gasteiger partial charge in [0.2, 0.25) is 5.95 Å². The van der Waals surface area contributed by atoms with Gasteiger partial charge in [0.1, 0.15) is 5.75 Å². The third kappa shape index (κ3) is 3.91. The first-order valence-electron chi connectivity index (χ1n) is 13.2. The first-order valence-corrected chi connectivity index (χ1v) is 13.2. The van der Waals surface area contributed by atoms with Gasteiger partial charge in [0.25, 0.3) is 0 Å². The highest BCUT2D eigenvalue weighted by molar-refractivity contribution is 5.97. The van der Waals surface area contributed by atoms with Gasteiger partial charge < -0.3 is 20.4 Å². The van der Waals surface area contributed by atoms with Crippen LogP contribution in [0.2, 0.25) is 0 Å². The highest BCUT2D eigenvalue weighted by Gasteiger charge is 2.55. The molecule has 4 fully saturated rings. The Hall–Kier alpha value is -3.65. The summed E-state index contributed by atoms with van der Waals surface area (Å²) in [4.78, 5) is 26.7. The van der Waals surface area contributed by atoms with Crippen LogP contribution in [-0.2, 0) is 0 Å². The van der Waals surface area contributed by atoms with Gasteiger partial charge in [-0.3, -0.25) is 4.90 Å². The van der Waals surface area contributed by atoms with Crippen LogP contribution in [0.25, 0.3) is 11.1 Å². The molecule has 3 aromatic rings. The van der Waals surface area contributed by atoms with Gasteiger partial charge in [-0.2, -0.15) is 0 Å². The number of nitrogens with zero attached hydrogens (tertiary/aromatic N) is 4. The van der Waals surface area contributed by atoms with Crippen LogP contribution in [0.1, 0.15) is 32.1 Å². The number of para-hydroxylation sites is 2. The number of phenolic OH excluding ortho intramolecular Hbond substituents is 1. The zero-order valence-electron chi connectivity index (χ0n) is 20.6. The molecule has 8 nitrogen and oxygen atoms in total. The zero-order valence-corrected chi connectivity index (χ0v) is 20.6. The van der Waals surface area contributed by atoms with Crippen LogP contribution in [0.3, 0.4) is 0 Å². The molecule has 1 aromatic heterocycles. The molecular formula is C29H31N5O3. The van der Waals surface area contributed by atoms with Crippen LogP contribution in [0.4, 0.5) is 22.1 Å². The predicted molar refractivity (Wildman–Crippen MR) is 141 cm³/mol. The lowest BCUT2D eigenvalue weighted by Gasteiger charge is -2.58. The Kier molecular flexibility index (Phi) is 5.15. The molecule has 8 heteroatoms. The van der Waals surface area contributed by atoms with Gasteiger partial charge in [-0.15, -0.1) is 0 Å². The number of nitrogens with one attached hydrogen (secondary N) is 1. The molecule has 37 heavy (non-hydrogen) atoms. The molecule has 2 aromatic carbocycles. The molecule has 2 amide bonds. The van der Waals surface area contributed by atoms with E-state index in [1.165, 1.54) is 0 Å². The number of carbonyl (C=O) groups excluding carboxylic acids is 1. The van der Waals surface area contributed by atoms with Crippen molar-refractivity contribution in [2.75, 3.05) is 22.9 Å². The first kappa shape index (κ1) is 22.5.